The molecule has 0 aliphatic rings. The quantitative estimate of drug-likeness (QED) is 0.496. The molecule has 2 amide bonds. The van der Waals surface area contributed by atoms with E-state index in [2.05, 4.69) is 37.2 Å². The molecule has 2 aromatic rings. The lowest BCUT2D eigenvalue weighted by Gasteiger charge is -2.31. The third-order valence-electron chi connectivity index (χ3n) is 4.56. The Morgan fingerprint density at radius 2 is 1.77 bits per heavy atom. The topological polar surface area (TPSA) is 86.8 Å². The van der Waals surface area contributed by atoms with Crippen LogP contribution in [-0.2, 0) is 26.2 Å². The van der Waals surface area contributed by atoms with Gasteiger partial charge in [-0.2, -0.15) is 0 Å². The summed E-state index contributed by atoms with van der Waals surface area (Å²) in [5.74, 6) is -0.794. The molecule has 2 rings (SSSR count). The first-order valence-corrected chi connectivity index (χ1v) is 13.0. The van der Waals surface area contributed by atoms with Gasteiger partial charge in [0.1, 0.15) is 12.6 Å². The summed E-state index contributed by atoms with van der Waals surface area (Å²) < 4.78 is 27.4. The summed E-state index contributed by atoms with van der Waals surface area (Å²) in [5, 5.41) is 2.72. The second-order valence-electron chi connectivity index (χ2n) is 6.94. The van der Waals surface area contributed by atoms with Gasteiger partial charge in [0.2, 0.25) is 21.8 Å². The number of sulfonamides is 1. The summed E-state index contributed by atoms with van der Waals surface area (Å²) in [5.41, 5.74) is 1.16. The first-order chi connectivity index (χ1) is 14.5. The number of hydrogen-bond acceptors (Lipinski definition) is 4. The van der Waals surface area contributed by atoms with E-state index < -0.39 is 28.5 Å². The molecule has 0 radical (unpaired) electrons. The molecule has 7 nitrogen and oxygen atoms in total. The van der Waals surface area contributed by atoms with E-state index in [4.69, 9.17) is 0 Å². The molecule has 0 unspecified atom stereocenters. The lowest BCUT2D eigenvalue weighted by molar-refractivity contribution is -0.139. The number of carbonyl (C=O) groups excluding carboxylic acids is 2. The van der Waals surface area contributed by atoms with Crippen LogP contribution >= 0.6 is 31.9 Å². The first kappa shape index (κ1) is 25.4. The Morgan fingerprint density at radius 3 is 2.35 bits per heavy atom. The molecule has 10 heteroatoms. The normalized spacial score (nSPS) is 12.2. The fourth-order valence-electron chi connectivity index (χ4n) is 2.99. The van der Waals surface area contributed by atoms with Crippen LogP contribution < -0.4 is 9.62 Å². The Labute approximate surface area is 200 Å². The highest BCUT2D eigenvalue weighted by atomic mass is 79.9. The number of benzene rings is 2. The van der Waals surface area contributed by atoms with Crippen LogP contribution in [0.25, 0.3) is 0 Å². The van der Waals surface area contributed by atoms with Crippen molar-refractivity contribution in [2.45, 2.75) is 26.4 Å². The minimum Gasteiger partial charge on any atom is -0.355 e. The molecule has 0 heterocycles. The van der Waals surface area contributed by atoms with Gasteiger partial charge in [-0.1, -0.05) is 40.2 Å². The van der Waals surface area contributed by atoms with Gasteiger partial charge in [0.15, 0.2) is 0 Å². The van der Waals surface area contributed by atoms with E-state index in [0.717, 1.165) is 20.6 Å². The fourth-order valence-corrected chi connectivity index (χ4v) is 4.91. The van der Waals surface area contributed by atoms with Crippen molar-refractivity contribution in [1.29, 1.82) is 0 Å². The Balaban J connectivity index is 2.40. The molecule has 1 N–H and O–H groups in total. The van der Waals surface area contributed by atoms with E-state index in [1.807, 2.05) is 24.3 Å². The van der Waals surface area contributed by atoms with Crippen LogP contribution in [0.5, 0.6) is 0 Å². The number of nitrogens with one attached hydrogen (secondary N) is 1. The zero-order chi connectivity index (χ0) is 23.2. The number of hydrogen-bond donors (Lipinski definition) is 1. The van der Waals surface area contributed by atoms with E-state index in [0.29, 0.717) is 16.7 Å². The van der Waals surface area contributed by atoms with Crippen molar-refractivity contribution in [2.75, 3.05) is 23.7 Å². The zero-order valence-corrected chi connectivity index (χ0v) is 21.5. The predicted molar refractivity (Wildman–Crippen MR) is 129 cm³/mol. The molecular weight excluding hydrogens is 550 g/mol. The lowest BCUT2D eigenvalue weighted by atomic mass is 10.1. The fraction of sp³-hybridized carbons (Fsp3) is 0.333. The number of amides is 2. The Hall–Kier alpha value is -1.91. The number of carbonyl (C=O) groups is 2. The maximum atomic E-state index is 13.3. The average molecular weight is 575 g/mol. The summed E-state index contributed by atoms with van der Waals surface area (Å²) in [4.78, 5) is 27.2. The monoisotopic (exact) mass is 573 g/mol. The standard InChI is InChI=1S/C21H25Br2N3O4S/c1-4-24-21(28)15(2)25(13-16-8-7-9-17(22)12-16)20(27)14-26(31(3,29)30)19-11-6-5-10-18(19)23/h5-12,15H,4,13-14H2,1-3H3,(H,24,28)/t15-/m0/s1. The van der Waals surface area contributed by atoms with Gasteiger partial charge in [-0.15, -0.1) is 0 Å². The van der Waals surface area contributed by atoms with Crippen LogP contribution in [0.3, 0.4) is 0 Å². The Bertz CT molecular complexity index is 1050. The van der Waals surface area contributed by atoms with Gasteiger partial charge in [0, 0.05) is 22.0 Å². The molecule has 0 fully saturated rings. The van der Waals surface area contributed by atoms with E-state index in [9.17, 15) is 18.0 Å². The second-order valence-corrected chi connectivity index (χ2v) is 10.6. The molecule has 0 bridgehead atoms. The maximum Gasteiger partial charge on any atom is 0.244 e. The average Bonchev–Trinajstić information content (AvgIpc) is 2.69. The maximum absolute atomic E-state index is 13.3. The number of rotatable bonds is 9. The SMILES string of the molecule is CCNC(=O)[C@H](C)N(Cc1cccc(Br)c1)C(=O)CN(c1ccccc1Br)S(C)(=O)=O. The van der Waals surface area contributed by atoms with E-state index in [-0.39, 0.29) is 12.5 Å². The molecular formula is C21H25Br2N3O4S. The van der Waals surface area contributed by atoms with Gasteiger partial charge >= 0.3 is 0 Å². The van der Waals surface area contributed by atoms with Crippen LogP contribution in [0, 0.1) is 0 Å². The van der Waals surface area contributed by atoms with Crippen LogP contribution in [-0.4, -0.2) is 50.5 Å². The van der Waals surface area contributed by atoms with Crippen molar-refractivity contribution in [2.24, 2.45) is 0 Å². The molecule has 0 saturated heterocycles. The smallest absolute Gasteiger partial charge is 0.244 e. The first-order valence-electron chi connectivity index (χ1n) is 9.58. The van der Waals surface area contributed by atoms with Gasteiger partial charge < -0.3 is 10.2 Å². The minimum absolute atomic E-state index is 0.157. The molecule has 168 valence electrons. The number of halogens is 2. The van der Waals surface area contributed by atoms with Crippen molar-refractivity contribution >= 4 is 59.4 Å². The van der Waals surface area contributed by atoms with Crippen molar-refractivity contribution in [1.82, 2.24) is 10.2 Å². The van der Waals surface area contributed by atoms with Crippen molar-refractivity contribution in [3.63, 3.8) is 0 Å². The summed E-state index contributed by atoms with van der Waals surface area (Å²) in [7, 11) is -3.76. The van der Waals surface area contributed by atoms with Gasteiger partial charge in [0.25, 0.3) is 0 Å². The zero-order valence-electron chi connectivity index (χ0n) is 17.5. The van der Waals surface area contributed by atoms with E-state index in [1.54, 1.807) is 38.1 Å². The molecule has 0 aromatic heterocycles. The minimum atomic E-state index is -3.76. The highest BCUT2D eigenvalue weighted by Gasteiger charge is 2.30. The Morgan fingerprint density at radius 1 is 1.10 bits per heavy atom. The van der Waals surface area contributed by atoms with Crippen molar-refractivity contribution in [3.8, 4) is 0 Å². The Kier molecular flexibility index (Phi) is 9.08. The van der Waals surface area contributed by atoms with Crippen LogP contribution in [0.4, 0.5) is 5.69 Å². The second kappa shape index (κ2) is 11.1. The van der Waals surface area contributed by atoms with Crippen molar-refractivity contribution < 1.29 is 18.0 Å². The van der Waals surface area contributed by atoms with Gasteiger partial charge in [-0.25, -0.2) is 8.42 Å². The summed E-state index contributed by atoms with van der Waals surface area (Å²) >= 11 is 6.76. The molecule has 1 atom stereocenters. The summed E-state index contributed by atoms with van der Waals surface area (Å²) in [6.45, 7) is 3.57. The summed E-state index contributed by atoms with van der Waals surface area (Å²) in [6.07, 6.45) is 1.05. The van der Waals surface area contributed by atoms with Crippen LogP contribution in [0.1, 0.15) is 19.4 Å². The summed E-state index contributed by atoms with van der Waals surface area (Å²) in [6, 6.07) is 13.4. The highest BCUT2D eigenvalue weighted by Crippen LogP contribution is 2.28. The van der Waals surface area contributed by atoms with Gasteiger partial charge in [-0.05, 0) is 59.6 Å². The van der Waals surface area contributed by atoms with Crippen LogP contribution in [0.15, 0.2) is 57.5 Å². The van der Waals surface area contributed by atoms with Crippen LogP contribution in [0.2, 0.25) is 0 Å². The number of nitrogens with zero attached hydrogens (tertiary/aromatic N) is 2. The number of para-hydroxylation sites is 1. The van der Waals surface area contributed by atoms with Gasteiger partial charge in [0.05, 0.1) is 11.9 Å². The van der Waals surface area contributed by atoms with Gasteiger partial charge in [-0.3, -0.25) is 13.9 Å². The molecule has 0 aliphatic carbocycles. The lowest BCUT2D eigenvalue weighted by Crippen LogP contribution is -2.51. The third kappa shape index (κ3) is 7.05. The largest absolute Gasteiger partial charge is 0.355 e. The predicted octanol–water partition coefficient (Wildman–Crippen LogP) is 3.53. The molecule has 0 spiro atoms. The molecule has 31 heavy (non-hydrogen) atoms. The highest BCUT2D eigenvalue weighted by molar-refractivity contribution is 9.10. The molecule has 0 aliphatic heterocycles. The number of likely N-dealkylation sites (N-methyl/N-ethyl adjacent to an activating group) is 1. The van der Waals surface area contributed by atoms with E-state index in [1.165, 1.54) is 4.90 Å². The number of anilines is 1. The van der Waals surface area contributed by atoms with E-state index >= 15 is 0 Å². The third-order valence-corrected chi connectivity index (χ3v) is 6.85. The molecule has 0 saturated carbocycles. The molecule has 2 aromatic carbocycles. The van der Waals surface area contributed by atoms with Crippen molar-refractivity contribution in [3.05, 3.63) is 63.0 Å².